The average Bonchev–Trinajstić information content (AvgIpc) is 2.52. The molecule has 0 saturated carbocycles. The van der Waals surface area contributed by atoms with Crippen LogP contribution < -0.4 is 4.74 Å². The van der Waals surface area contributed by atoms with Crippen LogP contribution in [0.2, 0.25) is 0 Å². The fourth-order valence-electron chi connectivity index (χ4n) is 1.72. The molecule has 0 atom stereocenters. The highest BCUT2D eigenvalue weighted by Gasteiger charge is 2.01. The second-order valence-corrected chi connectivity index (χ2v) is 4.16. The van der Waals surface area contributed by atoms with Crippen LogP contribution in [0, 0.1) is 10.1 Å². The molecule has 0 fully saturated rings. The van der Waals surface area contributed by atoms with Gasteiger partial charge in [-0.2, -0.15) is 0 Å². The summed E-state index contributed by atoms with van der Waals surface area (Å²) in [6.07, 6.45) is 5.25. The molecule has 0 spiro atoms. The van der Waals surface area contributed by atoms with Crippen molar-refractivity contribution < 1.29 is 9.66 Å². The molecule has 0 radical (unpaired) electrons. The van der Waals surface area contributed by atoms with Crippen molar-refractivity contribution in [3.8, 4) is 5.75 Å². The predicted molar refractivity (Wildman–Crippen MR) is 83.3 cm³/mol. The zero-order chi connectivity index (χ0) is 15.1. The first kappa shape index (κ1) is 14.5. The predicted octanol–water partition coefficient (Wildman–Crippen LogP) is 4.02. The Morgan fingerprint density at radius 2 is 1.86 bits per heavy atom. The number of para-hydroxylation sites is 2. The average molecular weight is 282 g/mol. The summed E-state index contributed by atoms with van der Waals surface area (Å²) in [6.45, 7) is 0. The number of rotatable bonds is 5. The Bertz CT molecular complexity index is 676. The Hall–Kier alpha value is -2.95. The van der Waals surface area contributed by atoms with Crippen molar-refractivity contribution >= 4 is 23.7 Å². The molecule has 0 unspecified atom stereocenters. The summed E-state index contributed by atoms with van der Waals surface area (Å²) in [5.74, 6) is 0.706. The van der Waals surface area contributed by atoms with Gasteiger partial charge in [-0.3, -0.25) is 15.1 Å². The van der Waals surface area contributed by atoms with Crippen LogP contribution in [-0.4, -0.2) is 18.2 Å². The van der Waals surface area contributed by atoms with Gasteiger partial charge in [-0.1, -0.05) is 18.2 Å². The van der Waals surface area contributed by atoms with Gasteiger partial charge in [0.05, 0.1) is 12.0 Å². The fourth-order valence-corrected chi connectivity index (χ4v) is 1.72. The molecule has 0 bridgehead atoms. The largest absolute Gasteiger partial charge is 0.494 e. The van der Waals surface area contributed by atoms with Gasteiger partial charge >= 0.3 is 0 Å². The van der Waals surface area contributed by atoms with Crippen molar-refractivity contribution in [2.45, 2.75) is 0 Å². The molecule has 106 valence electrons. The molecule has 0 heterocycles. The van der Waals surface area contributed by atoms with Crippen LogP contribution in [0.15, 0.2) is 59.6 Å². The number of nitrogens with zero attached hydrogens (tertiary/aromatic N) is 2. The number of ether oxygens (including phenoxy) is 1. The molecule has 0 aliphatic rings. The van der Waals surface area contributed by atoms with Crippen LogP contribution in [-0.2, 0) is 0 Å². The van der Waals surface area contributed by atoms with E-state index in [2.05, 4.69) is 4.99 Å². The van der Waals surface area contributed by atoms with E-state index in [1.165, 1.54) is 12.1 Å². The second kappa shape index (κ2) is 7.00. The topological polar surface area (TPSA) is 64.7 Å². The third kappa shape index (κ3) is 4.01. The van der Waals surface area contributed by atoms with Gasteiger partial charge in [-0.05, 0) is 35.9 Å². The standard InChI is InChI=1S/C16H14N2O3/c1-21-16-7-3-2-6-15(16)17-12-4-5-13-8-10-14(11-9-13)18(19)20/h2-12H,1H3/b5-4+,17-12?. The monoisotopic (exact) mass is 282 g/mol. The number of nitro benzene ring substituents is 1. The highest BCUT2D eigenvalue weighted by molar-refractivity contribution is 5.81. The Morgan fingerprint density at radius 1 is 1.14 bits per heavy atom. The van der Waals surface area contributed by atoms with Crippen LogP contribution in [0.4, 0.5) is 11.4 Å². The van der Waals surface area contributed by atoms with E-state index in [1.54, 1.807) is 31.5 Å². The fraction of sp³-hybridized carbons (Fsp3) is 0.0625. The smallest absolute Gasteiger partial charge is 0.269 e. The van der Waals surface area contributed by atoms with Crippen molar-refractivity contribution in [3.05, 3.63) is 70.3 Å². The van der Waals surface area contributed by atoms with Gasteiger partial charge in [-0.15, -0.1) is 0 Å². The van der Waals surface area contributed by atoms with Gasteiger partial charge in [0.25, 0.3) is 5.69 Å². The number of aliphatic imine (C=N–C) groups is 1. The minimum Gasteiger partial charge on any atom is -0.494 e. The Morgan fingerprint density at radius 3 is 2.52 bits per heavy atom. The van der Waals surface area contributed by atoms with E-state index in [4.69, 9.17) is 4.74 Å². The van der Waals surface area contributed by atoms with Gasteiger partial charge < -0.3 is 4.74 Å². The molecule has 2 rings (SSSR count). The van der Waals surface area contributed by atoms with Crippen LogP contribution in [0.25, 0.3) is 6.08 Å². The summed E-state index contributed by atoms with van der Waals surface area (Å²) in [6, 6.07) is 13.8. The lowest BCUT2D eigenvalue weighted by Gasteiger charge is -2.01. The van der Waals surface area contributed by atoms with Gasteiger partial charge in [0.1, 0.15) is 11.4 Å². The van der Waals surface area contributed by atoms with Crippen LogP contribution >= 0.6 is 0 Å². The summed E-state index contributed by atoms with van der Waals surface area (Å²) in [5.41, 5.74) is 1.69. The Kier molecular flexibility index (Phi) is 4.82. The number of methoxy groups -OCH3 is 1. The maximum atomic E-state index is 10.5. The van der Waals surface area contributed by atoms with E-state index >= 15 is 0 Å². The van der Waals surface area contributed by atoms with Crippen LogP contribution in [0.1, 0.15) is 5.56 Å². The van der Waals surface area contributed by atoms with Crippen molar-refractivity contribution in [1.29, 1.82) is 0 Å². The highest BCUT2D eigenvalue weighted by atomic mass is 16.6. The van der Waals surface area contributed by atoms with Crippen LogP contribution in [0.3, 0.4) is 0 Å². The van der Waals surface area contributed by atoms with Crippen molar-refractivity contribution in [2.75, 3.05) is 7.11 Å². The number of benzene rings is 2. The van der Waals surface area contributed by atoms with Gasteiger partial charge in [0, 0.05) is 18.3 Å². The Labute approximate surface area is 122 Å². The second-order valence-electron chi connectivity index (χ2n) is 4.16. The zero-order valence-electron chi connectivity index (χ0n) is 11.5. The third-order valence-corrected chi connectivity index (χ3v) is 2.78. The number of nitro groups is 1. The summed E-state index contributed by atoms with van der Waals surface area (Å²) < 4.78 is 5.19. The van der Waals surface area contributed by atoms with E-state index in [-0.39, 0.29) is 5.69 Å². The maximum absolute atomic E-state index is 10.5. The van der Waals surface area contributed by atoms with Gasteiger partial charge in [0.15, 0.2) is 0 Å². The molecule has 0 aliphatic heterocycles. The molecule has 2 aromatic carbocycles. The first-order chi connectivity index (χ1) is 10.2. The molecule has 0 N–H and O–H groups in total. The number of non-ortho nitro benzene ring substituents is 1. The summed E-state index contributed by atoms with van der Waals surface area (Å²) in [5, 5.41) is 10.5. The van der Waals surface area contributed by atoms with Crippen molar-refractivity contribution in [1.82, 2.24) is 0 Å². The van der Waals surface area contributed by atoms with Gasteiger partial charge in [-0.25, -0.2) is 0 Å². The Balaban J connectivity index is 2.04. The van der Waals surface area contributed by atoms with E-state index < -0.39 is 4.92 Å². The molecular weight excluding hydrogens is 268 g/mol. The molecule has 5 heteroatoms. The first-order valence-corrected chi connectivity index (χ1v) is 6.29. The lowest BCUT2D eigenvalue weighted by molar-refractivity contribution is -0.384. The molecule has 0 saturated heterocycles. The molecule has 5 nitrogen and oxygen atoms in total. The minimum absolute atomic E-state index is 0.0786. The van der Waals surface area contributed by atoms with Gasteiger partial charge in [0.2, 0.25) is 0 Å². The number of allylic oxidation sites excluding steroid dienone is 1. The molecule has 0 aromatic heterocycles. The molecular formula is C16H14N2O3. The van der Waals surface area contributed by atoms with E-state index in [1.807, 2.05) is 30.3 Å². The first-order valence-electron chi connectivity index (χ1n) is 6.29. The van der Waals surface area contributed by atoms with Crippen LogP contribution in [0.5, 0.6) is 5.75 Å². The molecule has 0 aliphatic carbocycles. The lowest BCUT2D eigenvalue weighted by atomic mass is 10.2. The molecule has 0 amide bonds. The SMILES string of the molecule is COc1ccccc1N=C/C=C/c1ccc([N+](=O)[O-])cc1. The highest BCUT2D eigenvalue weighted by Crippen LogP contribution is 2.25. The maximum Gasteiger partial charge on any atom is 0.269 e. The van der Waals surface area contributed by atoms with E-state index in [0.29, 0.717) is 5.75 Å². The lowest BCUT2D eigenvalue weighted by Crippen LogP contribution is -1.86. The summed E-state index contributed by atoms with van der Waals surface area (Å²) >= 11 is 0. The summed E-state index contributed by atoms with van der Waals surface area (Å²) in [7, 11) is 1.60. The van der Waals surface area contributed by atoms with E-state index in [0.717, 1.165) is 11.3 Å². The third-order valence-electron chi connectivity index (χ3n) is 2.78. The number of hydrogen-bond donors (Lipinski definition) is 0. The normalized spacial score (nSPS) is 11.1. The minimum atomic E-state index is -0.420. The zero-order valence-corrected chi connectivity index (χ0v) is 11.5. The quantitative estimate of drug-likeness (QED) is 0.472. The summed E-state index contributed by atoms with van der Waals surface area (Å²) in [4.78, 5) is 14.4. The number of hydrogen-bond acceptors (Lipinski definition) is 4. The molecule has 21 heavy (non-hydrogen) atoms. The van der Waals surface area contributed by atoms with Crippen molar-refractivity contribution in [2.24, 2.45) is 4.99 Å². The van der Waals surface area contributed by atoms with E-state index in [9.17, 15) is 10.1 Å². The molecule has 2 aromatic rings. The van der Waals surface area contributed by atoms with Crippen molar-refractivity contribution in [3.63, 3.8) is 0 Å².